The van der Waals surface area contributed by atoms with Crippen molar-refractivity contribution in [3.8, 4) is 5.75 Å². The predicted octanol–water partition coefficient (Wildman–Crippen LogP) is 6.89. The normalized spacial score (nSPS) is 12.1. The Kier molecular flexibility index (Phi) is 12.7. The van der Waals surface area contributed by atoms with Crippen LogP contribution in [-0.2, 0) is 4.74 Å². The molecule has 3 nitrogen and oxygen atoms in total. The van der Waals surface area contributed by atoms with Gasteiger partial charge in [0.1, 0.15) is 11.3 Å². The summed E-state index contributed by atoms with van der Waals surface area (Å²) in [7, 11) is 0. The topological polar surface area (TPSA) is 46.5 Å². The number of esters is 1. The van der Waals surface area contributed by atoms with Gasteiger partial charge in [0.2, 0.25) is 0 Å². The zero-order chi connectivity index (χ0) is 19.0. The minimum atomic E-state index is -0.412. The molecule has 1 atom stereocenters. The molecule has 3 heteroatoms. The standard InChI is InChI=1S/C23H38O3/c1-3-5-7-9-10-12-16-20(15-11-8-6-4-2)19-26-23(25)21-17-13-14-18-22(21)24/h13-14,17-18,20,24H,3-12,15-16,19H2,1-2H3. The van der Waals surface area contributed by atoms with E-state index in [4.69, 9.17) is 4.74 Å². The number of carbonyl (C=O) groups is 1. The van der Waals surface area contributed by atoms with E-state index in [1.807, 2.05) is 0 Å². The maximum Gasteiger partial charge on any atom is 0.341 e. The van der Waals surface area contributed by atoms with E-state index < -0.39 is 5.97 Å². The van der Waals surface area contributed by atoms with E-state index in [1.165, 1.54) is 70.3 Å². The first-order valence-corrected chi connectivity index (χ1v) is 10.6. The lowest BCUT2D eigenvalue weighted by Gasteiger charge is -2.17. The number of unbranched alkanes of at least 4 members (excludes halogenated alkanes) is 8. The molecule has 0 heterocycles. The number of carbonyl (C=O) groups excluding carboxylic acids is 1. The van der Waals surface area contributed by atoms with Gasteiger partial charge in [-0.2, -0.15) is 0 Å². The monoisotopic (exact) mass is 362 g/mol. The van der Waals surface area contributed by atoms with Crippen molar-refractivity contribution in [2.75, 3.05) is 6.61 Å². The van der Waals surface area contributed by atoms with Crippen molar-refractivity contribution >= 4 is 5.97 Å². The molecule has 0 saturated carbocycles. The van der Waals surface area contributed by atoms with Gasteiger partial charge >= 0.3 is 5.97 Å². The van der Waals surface area contributed by atoms with E-state index in [2.05, 4.69) is 13.8 Å². The second kappa shape index (κ2) is 14.6. The molecule has 0 saturated heterocycles. The Labute approximate surface area is 160 Å². The molecule has 0 aliphatic rings. The first-order chi connectivity index (χ1) is 12.7. The molecule has 1 rings (SSSR count). The van der Waals surface area contributed by atoms with Crippen LogP contribution in [0.4, 0.5) is 0 Å². The van der Waals surface area contributed by atoms with Gasteiger partial charge in [0, 0.05) is 0 Å². The fourth-order valence-electron chi connectivity index (χ4n) is 3.30. The Morgan fingerprint density at radius 3 is 2.04 bits per heavy atom. The number of phenolic OH excluding ortho intramolecular Hbond substituents is 1. The molecule has 0 aliphatic carbocycles. The lowest BCUT2D eigenvalue weighted by Crippen LogP contribution is -2.15. The average molecular weight is 363 g/mol. The third-order valence-corrected chi connectivity index (χ3v) is 5.01. The van der Waals surface area contributed by atoms with Crippen LogP contribution in [0.25, 0.3) is 0 Å². The molecular weight excluding hydrogens is 324 g/mol. The van der Waals surface area contributed by atoms with E-state index >= 15 is 0 Å². The van der Waals surface area contributed by atoms with Crippen molar-refractivity contribution in [2.24, 2.45) is 5.92 Å². The van der Waals surface area contributed by atoms with Crippen molar-refractivity contribution in [1.82, 2.24) is 0 Å². The van der Waals surface area contributed by atoms with E-state index in [1.54, 1.807) is 18.2 Å². The van der Waals surface area contributed by atoms with Crippen LogP contribution in [0, 0.1) is 5.92 Å². The Bertz CT molecular complexity index is 484. The lowest BCUT2D eigenvalue weighted by molar-refractivity contribution is 0.0419. The number of para-hydroxylation sites is 1. The predicted molar refractivity (Wildman–Crippen MR) is 109 cm³/mol. The molecule has 0 radical (unpaired) electrons. The fourth-order valence-corrected chi connectivity index (χ4v) is 3.30. The SMILES string of the molecule is CCCCCCCCC(CCCCCC)COC(=O)c1ccccc1O. The quantitative estimate of drug-likeness (QED) is 0.273. The first kappa shape index (κ1) is 22.5. The van der Waals surface area contributed by atoms with Crippen molar-refractivity contribution in [3.63, 3.8) is 0 Å². The third-order valence-electron chi connectivity index (χ3n) is 5.01. The Morgan fingerprint density at radius 1 is 0.885 bits per heavy atom. The number of rotatable bonds is 15. The van der Waals surface area contributed by atoms with Crippen molar-refractivity contribution in [2.45, 2.75) is 90.9 Å². The molecule has 1 aromatic rings. The molecule has 0 aromatic heterocycles. The fraction of sp³-hybridized carbons (Fsp3) is 0.696. The minimum absolute atomic E-state index is 0.00656. The Hall–Kier alpha value is -1.51. The van der Waals surface area contributed by atoms with Gasteiger partial charge in [-0.25, -0.2) is 4.79 Å². The van der Waals surface area contributed by atoms with Gasteiger partial charge in [-0.15, -0.1) is 0 Å². The highest BCUT2D eigenvalue weighted by Gasteiger charge is 2.15. The molecule has 0 bridgehead atoms. The van der Waals surface area contributed by atoms with Gasteiger partial charge in [0.25, 0.3) is 0 Å². The number of aromatic hydroxyl groups is 1. The summed E-state index contributed by atoms with van der Waals surface area (Å²) >= 11 is 0. The second-order valence-electron chi connectivity index (χ2n) is 7.39. The average Bonchev–Trinajstić information content (AvgIpc) is 2.65. The largest absolute Gasteiger partial charge is 0.507 e. The zero-order valence-corrected chi connectivity index (χ0v) is 16.8. The Morgan fingerprint density at radius 2 is 1.42 bits per heavy atom. The maximum absolute atomic E-state index is 12.2. The van der Waals surface area contributed by atoms with E-state index in [0.717, 1.165) is 12.8 Å². The van der Waals surface area contributed by atoms with E-state index in [-0.39, 0.29) is 11.3 Å². The molecule has 1 unspecified atom stereocenters. The first-order valence-electron chi connectivity index (χ1n) is 10.6. The second-order valence-corrected chi connectivity index (χ2v) is 7.39. The zero-order valence-electron chi connectivity index (χ0n) is 16.8. The van der Waals surface area contributed by atoms with Crippen LogP contribution in [0.2, 0.25) is 0 Å². The van der Waals surface area contributed by atoms with Crippen molar-refractivity contribution < 1.29 is 14.6 Å². The third kappa shape index (κ3) is 9.84. The van der Waals surface area contributed by atoms with Gasteiger partial charge in [-0.1, -0.05) is 90.2 Å². The van der Waals surface area contributed by atoms with Crippen LogP contribution in [0.3, 0.4) is 0 Å². The number of phenols is 1. The van der Waals surface area contributed by atoms with Crippen molar-refractivity contribution in [3.05, 3.63) is 29.8 Å². The number of hydrogen-bond donors (Lipinski definition) is 1. The summed E-state index contributed by atoms with van der Waals surface area (Å²) in [5, 5.41) is 9.79. The summed E-state index contributed by atoms with van der Waals surface area (Å²) in [5.74, 6) is 0.0189. The number of ether oxygens (including phenoxy) is 1. The molecule has 0 fully saturated rings. The molecule has 0 aliphatic heterocycles. The molecular formula is C23H38O3. The smallest absolute Gasteiger partial charge is 0.341 e. The summed E-state index contributed by atoms with van der Waals surface area (Å²) < 4.78 is 5.52. The van der Waals surface area contributed by atoms with Gasteiger partial charge in [-0.05, 0) is 30.9 Å². The number of benzene rings is 1. The van der Waals surface area contributed by atoms with Crippen molar-refractivity contribution in [1.29, 1.82) is 0 Å². The van der Waals surface area contributed by atoms with Crippen LogP contribution in [-0.4, -0.2) is 17.7 Å². The van der Waals surface area contributed by atoms with Gasteiger partial charge in [0.05, 0.1) is 6.61 Å². The summed E-state index contributed by atoms with van der Waals surface area (Å²) in [5.41, 5.74) is 0.261. The van der Waals surface area contributed by atoms with E-state index in [0.29, 0.717) is 12.5 Å². The van der Waals surface area contributed by atoms with Gasteiger partial charge < -0.3 is 9.84 Å². The summed E-state index contributed by atoms with van der Waals surface area (Å²) in [6, 6.07) is 6.59. The van der Waals surface area contributed by atoms with Gasteiger partial charge in [0.15, 0.2) is 0 Å². The molecule has 0 amide bonds. The highest BCUT2D eigenvalue weighted by molar-refractivity contribution is 5.92. The van der Waals surface area contributed by atoms with Gasteiger partial charge in [-0.3, -0.25) is 0 Å². The van der Waals surface area contributed by atoms with Crippen LogP contribution in [0.15, 0.2) is 24.3 Å². The van der Waals surface area contributed by atoms with Crippen LogP contribution >= 0.6 is 0 Å². The molecule has 1 N–H and O–H groups in total. The van der Waals surface area contributed by atoms with Crippen LogP contribution in [0.5, 0.6) is 5.75 Å². The van der Waals surface area contributed by atoms with Crippen LogP contribution in [0.1, 0.15) is 101 Å². The summed E-state index contributed by atoms with van der Waals surface area (Å²) in [4.78, 5) is 12.2. The lowest BCUT2D eigenvalue weighted by atomic mass is 9.95. The molecule has 0 spiro atoms. The minimum Gasteiger partial charge on any atom is -0.507 e. The van der Waals surface area contributed by atoms with Crippen LogP contribution < -0.4 is 0 Å². The van der Waals surface area contributed by atoms with E-state index in [9.17, 15) is 9.90 Å². The highest BCUT2D eigenvalue weighted by atomic mass is 16.5. The Balaban J connectivity index is 2.39. The molecule has 26 heavy (non-hydrogen) atoms. The molecule has 1 aromatic carbocycles. The summed E-state index contributed by atoms with van der Waals surface area (Å²) in [6.07, 6.45) is 15.0. The summed E-state index contributed by atoms with van der Waals surface area (Å²) in [6.45, 7) is 4.93. The highest BCUT2D eigenvalue weighted by Crippen LogP contribution is 2.21. The molecule has 148 valence electrons. The maximum atomic E-state index is 12.2. The number of hydrogen-bond acceptors (Lipinski definition) is 3.